The van der Waals surface area contributed by atoms with Crippen LogP contribution >= 0.6 is 0 Å². The van der Waals surface area contributed by atoms with E-state index in [1.165, 1.54) is 6.33 Å². The number of aromatic nitrogens is 5. The number of pyridine rings is 2. The number of nitrogens with zero attached hydrogens (tertiary/aromatic N) is 5. The smallest absolute Gasteiger partial charge is 0.364 e. The van der Waals surface area contributed by atoms with E-state index in [0.29, 0.717) is 30.4 Å². The molecule has 1 fully saturated rings. The third-order valence-electron chi connectivity index (χ3n) is 5.95. The molecule has 1 saturated heterocycles. The van der Waals surface area contributed by atoms with Gasteiger partial charge in [0.15, 0.2) is 0 Å². The van der Waals surface area contributed by atoms with Crippen molar-refractivity contribution in [3.05, 3.63) is 60.4 Å². The first kappa shape index (κ1) is 23.0. The van der Waals surface area contributed by atoms with Gasteiger partial charge in [-0.1, -0.05) is 6.07 Å². The fraction of sp³-hybridized carbons (Fsp3) is 0.333. The third-order valence-corrected chi connectivity index (χ3v) is 5.95. The highest BCUT2D eigenvalue weighted by molar-refractivity contribution is 6.00. The summed E-state index contributed by atoms with van der Waals surface area (Å²) < 4.78 is 41.2. The van der Waals surface area contributed by atoms with Gasteiger partial charge in [0.1, 0.15) is 23.6 Å². The highest BCUT2D eigenvalue weighted by Crippen LogP contribution is 2.34. The summed E-state index contributed by atoms with van der Waals surface area (Å²) in [5.74, 6) is 0.822. The summed E-state index contributed by atoms with van der Waals surface area (Å²) >= 11 is 0. The van der Waals surface area contributed by atoms with Gasteiger partial charge in [-0.15, -0.1) is 0 Å². The normalized spacial score (nSPS) is 18.7. The van der Waals surface area contributed by atoms with Crippen LogP contribution in [0, 0.1) is 0 Å². The molecule has 5 heterocycles. The summed E-state index contributed by atoms with van der Waals surface area (Å²) in [4.78, 5) is 22.4. The second kappa shape index (κ2) is 9.14. The van der Waals surface area contributed by atoms with Crippen molar-refractivity contribution in [1.82, 2.24) is 30.2 Å². The van der Waals surface area contributed by atoms with E-state index < -0.39 is 11.7 Å². The van der Waals surface area contributed by atoms with Crippen molar-refractivity contribution in [3.63, 3.8) is 0 Å². The van der Waals surface area contributed by atoms with Crippen molar-refractivity contribution in [3.8, 4) is 11.1 Å². The molecule has 1 aliphatic heterocycles. The van der Waals surface area contributed by atoms with Crippen molar-refractivity contribution in [1.29, 1.82) is 0 Å². The lowest BCUT2D eigenvalue weighted by Crippen LogP contribution is -2.54. The average Bonchev–Trinajstić information content (AvgIpc) is 3.27. The van der Waals surface area contributed by atoms with Gasteiger partial charge in [-0.3, -0.25) is 4.98 Å². The Morgan fingerprint density at radius 1 is 1.14 bits per heavy atom. The van der Waals surface area contributed by atoms with E-state index in [0.717, 1.165) is 28.6 Å². The van der Waals surface area contributed by atoms with Gasteiger partial charge < -0.3 is 20.5 Å². The van der Waals surface area contributed by atoms with Crippen LogP contribution in [0.2, 0.25) is 0 Å². The van der Waals surface area contributed by atoms with Crippen molar-refractivity contribution in [2.75, 3.05) is 23.3 Å². The number of hydrogen-bond donors (Lipinski definition) is 3. The quantitative estimate of drug-likeness (QED) is 0.392. The largest absolute Gasteiger partial charge is 0.416 e. The van der Waals surface area contributed by atoms with Crippen molar-refractivity contribution < 1.29 is 13.2 Å². The van der Waals surface area contributed by atoms with Crippen molar-refractivity contribution in [2.45, 2.75) is 38.7 Å². The Morgan fingerprint density at radius 3 is 2.66 bits per heavy atom. The minimum atomic E-state index is -4.48. The SMILES string of the molecule is C[C@@H]1CN(c2cc(C(F)(F)F)cc(CNc3ncnc4[nH]cc(-c5cccnc5)c34)n2)C[C@H](C)N1. The van der Waals surface area contributed by atoms with E-state index in [-0.39, 0.29) is 24.3 Å². The molecule has 0 spiro atoms. The predicted molar refractivity (Wildman–Crippen MR) is 128 cm³/mol. The highest BCUT2D eigenvalue weighted by atomic mass is 19.4. The van der Waals surface area contributed by atoms with Gasteiger partial charge in [0.05, 0.1) is 23.2 Å². The molecular formula is C24H25F3N8. The molecule has 8 nitrogen and oxygen atoms in total. The van der Waals surface area contributed by atoms with Gasteiger partial charge in [-0.05, 0) is 32.0 Å². The monoisotopic (exact) mass is 482 g/mol. The molecular weight excluding hydrogens is 457 g/mol. The number of anilines is 2. The Kier molecular flexibility index (Phi) is 6.01. The summed E-state index contributed by atoms with van der Waals surface area (Å²) in [6.07, 6.45) is 2.16. The third kappa shape index (κ3) is 4.90. The molecule has 35 heavy (non-hydrogen) atoms. The first-order chi connectivity index (χ1) is 16.8. The van der Waals surface area contributed by atoms with Crippen LogP contribution < -0.4 is 15.5 Å². The second-order valence-corrected chi connectivity index (χ2v) is 8.82. The zero-order chi connectivity index (χ0) is 24.6. The lowest BCUT2D eigenvalue weighted by molar-refractivity contribution is -0.137. The minimum absolute atomic E-state index is 0.0674. The zero-order valence-electron chi connectivity index (χ0n) is 19.3. The Morgan fingerprint density at radius 2 is 1.94 bits per heavy atom. The van der Waals surface area contributed by atoms with Gasteiger partial charge in [0.2, 0.25) is 0 Å². The van der Waals surface area contributed by atoms with Crippen LogP contribution in [-0.4, -0.2) is 50.1 Å². The van der Waals surface area contributed by atoms with Crippen LogP contribution in [0.25, 0.3) is 22.2 Å². The molecule has 5 rings (SSSR count). The van der Waals surface area contributed by atoms with Crippen molar-refractivity contribution >= 4 is 22.7 Å². The number of hydrogen-bond acceptors (Lipinski definition) is 7. The molecule has 182 valence electrons. The number of aromatic amines is 1. The average molecular weight is 483 g/mol. The highest BCUT2D eigenvalue weighted by Gasteiger charge is 2.33. The number of alkyl halides is 3. The molecule has 3 N–H and O–H groups in total. The number of halogens is 3. The van der Waals surface area contributed by atoms with Crippen LogP contribution in [0.3, 0.4) is 0 Å². The number of fused-ring (bicyclic) bond motifs is 1. The molecule has 11 heteroatoms. The summed E-state index contributed by atoms with van der Waals surface area (Å²) in [5.41, 5.74) is 1.89. The van der Waals surface area contributed by atoms with Gasteiger partial charge >= 0.3 is 6.18 Å². The number of nitrogens with one attached hydrogen (secondary N) is 3. The predicted octanol–water partition coefficient (Wildman–Crippen LogP) is 4.23. The molecule has 0 saturated carbocycles. The second-order valence-electron chi connectivity index (χ2n) is 8.82. The van der Waals surface area contributed by atoms with Gasteiger partial charge in [0.25, 0.3) is 0 Å². The van der Waals surface area contributed by atoms with Gasteiger partial charge in [0, 0.05) is 54.9 Å². The maximum atomic E-state index is 13.7. The summed E-state index contributed by atoms with van der Waals surface area (Å²) in [5, 5.41) is 7.30. The maximum Gasteiger partial charge on any atom is 0.416 e. The van der Waals surface area contributed by atoms with Crippen LogP contribution in [0.1, 0.15) is 25.1 Å². The summed E-state index contributed by atoms with van der Waals surface area (Å²) in [6, 6.07) is 6.25. The molecule has 4 aromatic rings. The summed E-state index contributed by atoms with van der Waals surface area (Å²) in [7, 11) is 0. The number of piperazine rings is 1. The van der Waals surface area contributed by atoms with Crippen LogP contribution in [0.15, 0.2) is 49.2 Å². The molecule has 0 bridgehead atoms. The van der Waals surface area contributed by atoms with Crippen LogP contribution in [-0.2, 0) is 12.7 Å². The first-order valence-corrected chi connectivity index (χ1v) is 11.3. The molecule has 1 aliphatic rings. The van der Waals surface area contributed by atoms with Gasteiger partial charge in [-0.2, -0.15) is 13.2 Å². The standard InChI is InChI=1S/C24H25F3N8/c1-14-11-35(12-15(2)33-14)20-7-17(24(25,26)27)6-18(34-20)9-29-22-21-19(16-4-3-5-28-8-16)10-30-23(21)32-13-31-22/h3-8,10,13-15,33H,9,11-12H2,1-2H3,(H2,29,30,31,32)/t14-,15+. The van der Waals surface area contributed by atoms with Crippen molar-refractivity contribution in [2.24, 2.45) is 0 Å². The molecule has 2 atom stereocenters. The van der Waals surface area contributed by atoms with E-state index in [1.54, 1.807) is 12.4 Å². The Bertz CT molecular complexity index is 1310. The lowest BCUT2D eigenvalue weighted by Gasteiger charge is -2.37. The van der Waals surface area contributed by atoms with E-state index in [9.17, 15) is 13.2 Å². The topological polar surface area (TPSA) is 94.6 Å². The molecule has 0 radical (unpaired) electrons. The fourth-order valence-corrected chi connectivity index (χ4v) is 4.52. The van der Waals surface area contributed by atoms with Crippen LogP contribution in [0.4, 0.5) is 24.8 Å². The van der Waals surface area contributed by atoms with E-state index in [2.05, 4.69) is 35.6 Å². The lowest BCUT2D eigenvalue weighted by atomic mass is 10.1. The molecule has 0 aliphatic carbocycles. The van der Waals surface area contributed by atoms with E-state index in [1.807, 2.05) is 37.1 Å². The Balaban J connectivity index is 1.47. The molecule has 0 unspecified atom stereocenters. The molecule has 0 aromatic carbocycles. The van der Waals surface area contributed by atoms with E-state index in [4.69, 9.17) is 0 Å². The number of H-pyrrole nitrogens is 1. The Hall–Kier alpha value is -3.73. The van der Waals surface area contributed by atoms with E-state index >= 15 is 0 Å². The zero-order valence-corrected chi connectivity index (χ0v) is 19.3. The fourth-order valence-electron chi connectivity index (χ4n) is 4.52. The molecule has 4 aromatic heterocycles. The van der Waals surface area contributed by atoms with Gasteiger partial charge in [-0.25, -0.2) is 15.0 Å². The Labute approximate surface area is 200 Å². The van der Waals surface area contributed by atoms with Crippen LogP contribution in [0.5, 0.6) is 0 Å². The minimum Gasteiger partial charge on any atom is -0.364 e. The summed E-state index contributed by atoms with van der Waals surface area (Å²) in [6.45, 7) is 5.25. The first-order valence-electron chi connectivity index (χ1n) is 11.3. The maximum absolute atomic E-state index is 13.7. The number of rotatable bonds is 5. The molecule has 0 amide bonds.